The highest BCUT2D eigenvalue weighted by atomic mass is 79.9. The molecule has 0 heterocycles. The number of halogens is 1. The summed E-state index contributed by atoms with van der Waals surface area (Å²) < 4.78 is 0. The number of hydrogen-bond acceptors (Lipinski definition) is 0. The highest BCUT2D eigenvalue weighted by molar-refractivity contribution is 9.09. The first kappa shape index (κ1) is 17.1. The van der Waals surface area contributed by atoms with E-state index in [1.165, 1.54) is 5.56 Å². The minimum atomic E-state index is 0.417. The summed E-state index contributed by atoms with van der Waals surface area (Å²) >= 11 is 4.09. The fourth-order valence-corrected chi connectivity index (χ4v) is 6.05. The molecule has 0 nitrogen and oxygen atoms in total. The second-order valence-corrected chi connectivity index (χ2v) is 8.70. The Morgan fingerprint density at radius 3 is 1.62 bits per heavy atom. The van der Waals surface area contributed by atoms with Crippen molar-refractivity contribution in [1.82, 2.24) is 0 Å². The molecular weight excluding hydrogens is 320 g/mol. The summed E-state index contributed by atoms with van der Waals surface area (Å²) in [6.45, 7) is 16.5. The molecule has 118 valence electrons. The van der Waals surface area contributed by atoms with Crippen LogP contribution in [0.5, 0.6) is 0 Å². The summed E-state index contributed by atoms with van der Waals surface area (Å²) in [6, 6.07) is 4.87. The lowest BCUT2D eigenvalue weighted by Gasteiger charge is -2.22. The molecule has 1 heteroatoms. The number of aryl methyl sites for hydroxylation is 3. The van der Waals surface area contributed by atoms with E-state index < -0.39 is 0 Å². The van der Waals surface area contributed by atoms with E-state index in [0.29, 0.717) is 21.6 Å². The Kier molecular flexibility index (Phi) is 4.65. The van der Waals surface area contributed by atoms with Crippen LogP contribution in [-0.2, 0) is 19.3 Å². The third kappa shape index (κ3) is 2.60. The maximum Gasteiger partial charge on any atom is 0.0439 e. The van der Waals surface area contributed by atoms with Crippen LogP contribution in [0.15, 0.2) is 12.1 Å². The molecule has 0 radical (unpaired) electrons. The normalized spacial score (nSPS) is 21.3. The quantitative estimate of drug-likeness (QED) is 0.532. The van der Waals surface area contributed by atoms with Crippen LogP contribution in [0.1, 0.15) is 75.5 Å². The van der Waals surface area contributed by atoms with E-state index in [2.05, 4.69) is 76.5 Å². The topological polar surface area (TPSA) is 0 Å². The summed E-state index contributed by atoms with van der Waals surface area (Å²) in [5.41, 5.74) is 7.00. The minimum absolute atomic E-state index is 0.417. The fourth-order valence-electron chi connectivity index (χ4n) is 4.14. The van der Waals surface area contributed by atoms with Gasteiger partial charge in [-0.1, -0.05) is 76.5 Å². The first-order valence-corrected chi connectivity index (χ1v) is 9.42. The number of benzene rings is 1. The van der Waals surface area contributed by atoms with E-state index in [0.717, 1.165) is 19.3 Å². The van der Waals surface area contributed by atoms with Gasteiger partial charge in [-0.3, -0.25) is 0 Å². The first-order valence-electron chi connectivity index (χ1n) is 8.50. The Morgan fingerprint density at radius 1 is 0.905 bits per heavy atom. The molecule has 0 spiro atoms. The van der Waals surface area contributed by atoms with Crippen molar-refractivity contribution in [2.24, 2.45) is 16.7 Å². The number of alkyl halides is 1. The van der Waals surface area contributed by atoms with Crippen LogP contribution in [0.2, 0.25) is 0 Å². The van der Waals surface area contributed by atoms with E-state index in [4.69, 9.17) is 0 Å². The van der Waals surface area contributed by atoms with E-state index in [9.17, 15) is 0 Å². The lowest BCUT2D eigenvalue weighted by molar-refractivity contribution is 0.457. The van der Waals surface area contributed by atoms with Gasteiger partial charge in [-0.25, -0.2) is 0 Å². The Bertz CT molecular complexity index is 486. The van der Waals surface area contributed by atoms with Crippen LogP contribution in [0.4, 0.5) is 0 Å². The Balaban J connectivity index is 2.48. The van der Waals surface area contributed by atoms with Gasteiger partial charge < -0.3 is 0 Å². The molecule has 0 aliphatic heterocycles. The molecule has 1 unspecified atom stereocenters. The van der Waals surface area contributed by atoms with Crippen LogP contribution in [0, 0.1) is 16.7 Å². The Labute approximate surface area is 139 Å². The molecule has 1 aliphatic carbocycles. The molecular formula is C20H31Br. The van der Waals surface area contributed by atoms with Gasteiger partial charge in [0, 0.05) is 4.83 Å². The van der Waals surface area contributed by atoms with Gasteiger partial charge in [0.1, 0.15) is 0 Å². The lowest BCUT2D eigenvalue weighted by atomic mass is 9.89. The molecule has 0 N–H and O–H groups in total. The zero-order valence-corrected chi connectivity index (χ0v) is 16.4. The molecule has 0 amide bonds. The summed E-state index contributed by atoms with van der Waals surface area (Å²) in [6.07, 6.45) is 3.39. The zero-order chi connectivity index (χ0) is 16.0. The van der Waals surface area contributed by atoms with Crippen LogP contribution in [-0.4, -0.2) is 0 Å². The molecule has 1 fully saturated rings. The summed E-state index contributed by atoms with van der Waals surface area (Å²) in [5, 5.41) is 0. The lowest BCUT2D eigenvalue weighted by Crippen LogP contribution is -2.08. The molecule has 21 heavy (non-hydrogen) atoms. The predicted molar refractivity (Wildman–Crippen MR) is 97.3 cm³/mol. The van der Waals surface area contributed by atoms with Gasteiger partial charge in [0.2, 0.25) is 0 Å². The van der Waals surface area contributed by atoms with Crippen molar-refractivity contribution in [2.45, 2.75) is 72.6 Å². The Hall–Kier alpha value is -0.300. The van der Waals surface area contributed by atoms with Crippen molar-refractivity contribution < 1.29 is 0 Å². The van der Waals surface area contributed by atoms with Gasteiger partial charge in [0.05, 0.1) is 0 Å². The van der Waals surface area contributed by atoms with Gasteiger partial charge in [-0.15, -0.1) is 0 Å². The molecule has 2 rings (SSSR count). The van der Waals surface area contributed by atoms with Gasteiger partial charge >= 0.3 is 0 Å². The maximum absolute atomic E-state index is 4.09. The van der Waals surface area contributed by atoms with Gasteiger partial charge in [0.25, 0.3) is 0 Å². The van der Waals surface area contributed by atoms with Crippen molar-refractivity contribution in [3.05, 3.63) is 34.4 Å². The SMILES string of the molecule is CCc1cc(CC)c(C(Br)C2C(C)(C)C2(C)C)c(CC)c1. The summed E-state index contributed by atoms with van der Waals surface area (Å²) in [4.78, 5) is 0.485. The summed E-state index contributed by atoms with van der Waals surface area (Å²) in [5.74, 6) is 0.716. The molecule has 0 aromatic heterocycles. The van der Waals surface area contributed by atoms with Crippen molar-refractivity contribution in [3.63, 3.8) is 0 Å². The van der Waals surface area contributed by atoms with Crippen LogP contribution in [0.25, 0.3) is 0 Å². The van der Waals surface area contributed by atoms with Crippen molar-refractivity contribution in [1.29, 1.82) is 0 Å². The molecule has 1 aromatic rings. The van der Waals surface area contributed by atoms with E-state index >= 15 is 0 Å². The second-order valence-electron chi connectivity index (χ2n) is 7.71. The van der Waals surface area contributed by atoms with Crippen LogP contribution < -0.4 is 0 Å². The molecule has 1 saturated carbocycles. The standard InChI is InChI=1S/C20H31Br/c1-8-13-11-14(9-2)16(15(10-3)12-13)17(21)18-19(4,5)20(18,6)7/h11-12,17-18H,8-10H2,1-7H3. The fraction of sp³-hybridized carbons (Fsp3) is 0.700. The van der Waals surface area contributed by atoms with Crippen LogP contribution >= 0.6 is 15.9 Å². The van der Waals surface area contributed by atoms with E-state index in [1.54, 1.807) is 16.7 Å². The largest absolute Gasteiger partial charge is 0.0835 e. The zero-order valence-electron chi connectivity index (χ0n) is 14.8. The van der Waals surface area contributed by atoms with Crippen LogP contribution in [0.3, 0.4) is 0 Å². The third-order valence-electron chi connectivity index (χ3n) is 6.28. The number of hydrogen-bond donors (Lipinski definition) is 0. The molecule has 1 aliphatic rings. The Morgan fingerprint density at radius 2 is 1.33 bits per heavy atom. The molecule has 1 aromatic carbocycles. The predicted octanol–water partition coefficient (Wildman–Crippen LogP) is 6.49. The van der Waals surface area contributed by atoms with Gasteiger partial charge in [-0.2, -0.15) is 0 Å². The highest BCUT2D eigenvalue weighted by Crippen LogP contribution is 2.74. The first-order chi connectivity index (χ1) is 9.72. The van der Waals surface area contributed by atoms with Crippen molar-refractivity contribution >= 4 is 15.9 Å². The molecule has 0 saturated heterocycles. The van der Waals surface area contributed by atoms with E-state index in [1.807, 2.05) is 0 Å². The molecule has 1 atom stereocenters. The summed E-state index contributed by atoms with van der Waals surface area (Å²) in [7, 11) is 0. The smallest absolute Gasteiger partial charge is 0.0439 e. The average molecular weight is 351 g/mol. The average Bonchev–Trinajstić information content (AvgIpc) is 2.86. The highest BCUT2D eigenvalue weighted by Gasteiger charge is 2.67. The third-order valence-corrected chi connectivity index (χ3v) is 7.27. The van der Waals surface area contributed by atoms with Crippen molar-refractivity contribution in [2.75, 3.05) is 0 Å². The second kappa shape index (κ2) is 5.72. The van der Waals surface area contributed by atoms with Gasteiger partial charge in [0.15, 0.2) is 0 Å². The monoisotopic (exact) mass is 350 g/mol. The van der Waals surface area contributed by atoms with Crippen molar-refractivity contribution in [3.8, 4) is 0 Å². The molecule has 0 bridgehead atoms. The van der Waals surface area contributed by atoms with Gasteiger partial charge in [-0.05, 0) is 58.3 Å². The van der Waals surface area contributed by atoms with E-state index in [-0.39, 0.29) is 0 Å². The minimum Gasteiger partial charge on any atom is -0.0835 e. The number of rotatable bonds is 5. The maximum atomic E-state index is 4.09.